The van der Waals surface area contributed by atoms with Gasteiger partial charge >= 0.3 is 59.1 Å². The minimum absolute atomic E-state index is 0. The van der Waals surface area contributed by atoms with Crippen molar-refractivity contribution < 1.29 is 85.1 Å². The quantitative estimate of drug-likeness (QED) is 0.117. The molecule has 0 fully saturated rings. The third-order valence-corrected chi connectivity index (χ3v) is 7.14. The molecule has 42 heavy (non-hydrogen) atoms. The Bertz CT molecular complexity index is 1710. The molecular formula is C20H10Cl4N8Na2O6S2. The summed E-state index contributed by atoms with van der Waals surface area (Å²) in [6.07, 6.45) is 2.29. The number of hydrogen-bond donors (Lipinski definition) is 2. The number of nitrogens with zero attached hydrogens (tertiary/aromatic N) is 6. The molecule has 0 atom stereocenters. The van der Waals surface area contributed by atoms with E-state index in [2.05, 4.69) is 40.5 Å². The third kappa shape index (κ3) is 10.2. The number of aromatic nitrogens is 6. The van der Waals surface area contributed by atoms with Crippen molar-refractivity contribution in [2.75, 3.05) is 10.6 Å². The second kappa shape index (κ2) is 15.2. The van der Waals surface area contributed by atoms with Gasteiger partial charge in [-0.3, -0.25) is 0 Å². The van der Waals surface area contributed by atoms with Crippen LogP contribution in [0, 0.1) is 0 Å². The van der Waals surface area contributed by atoms with Crippen molar-refractivity contribution in [3.05, 3.63) is 68.7 Å². The Morgan fingerprint density at radius 1 is 0.571 bits per heavy atom. The number of nitrogens with one attached hydrogen (secondary N) is 2. The number of halogens is 4. The molecule has 0 saturated heterocycles. The second-order valence-electron chi connectivity index (χ2n) is 7.39. The average molecular weight is 710 g/mol. The monoisotopic (exact) mass is 708 g/mol. The molecule has 14 nitrogen and oxygen atoms in total. The fourth-order valence-electron chi connectivity index (χ4n) is 3.13. The van der Waals surface area contributed by atoms with Crippen LogP contribution in [0.25, 0.3) is 12.2 Å². The first-order valence-electron chi connectivity index (χ1n) is 10.2. The summed E-state index contributed by atoms with van der Waals surface area (Å²) in [6.45, 7) is 0. The number of anilines is 4. The van der Waals surface area contributed by atoms with Crippen LogP contribution in [-0.4, -0.2) is 55.8 Å². The molecule has 2 aromatic heterocycles. The zero-order valence-corrected chi connectivity index (χ0v) is 29.7. The number of rotatable bonds is 8. The molecule has 0 aliphatic rings. The van der Waals surface area contributed by atoms with Crippen molar-refractivity contribution in [1.29, 1.82) is 0 Å². The van der Waals surface area contributed by atoms with Crippen molar-refractivity contribution >= 4 is 102 Å². The van der Waals surface area contributed by atoms with Crippen LogP contribution in [0.2, 0.25) is 21.1 Å². The van der Waals surface area contributed by atoms with Gasteiger partial charge in [-0.1, -0.05) is 24.3 Å². The van der Waals surface area contributed by atoms with Gasteiger partial charge in [0.25, 0.3) is 0 Å². The van der Waals surface area contributed by atoms with Gasteiger partial charge in [0.15, 0.2) is 0 Å². The van der Waals surface area contributed by atoms with Crippen LogP contribution >= 0.6 is 46.4 Å². The fourth-order valence-corrected chi connectivity index (χ4v) is 5.25. The first-order valence-corrected chi connectivity index (χ1v) is 14.6. The topological polar surface area (TPSA) is 216 Å². The molecule has 0 amide bonds. The Morgan fingerprint density at radius 2 is 0.881 bits per heavy atom. The summed E-state index contributed by atoms with van der Waals surface area (Å²) in [5.41, 5.74) is -0.0558. The fraction of sp³-hybridized carbons (Fsp3) is 0. The maximum atomic E-state index is 12.0. The van der Waals surface area contributed by atoms with E-state index in [9.17, 15) is 25.9 Å². The predicted octanol–water partition coefficient (Wildman–Crippen LogP) is -1.86. The van der Waals surface area contributed by atoms with Gasteiger partial charge in [-0.2, -0.15) is 29.9 Å². The summed E-state index contributed by atoms with van der Waals surface area (Å²) >= 11 is 22.9. The van der Waals surface area contributed by atoms with Crippen LogP contribution in [0.5, 0.6) is 0 Å². The van der Waals surface area contributed by atoms with Gasteiger partial charge in [0.05, 0.1) is 9.79 Å². The van der Waals surface area contributed by atoms with Crippen LogP contribution in [0.1, 0.15) is 11.1 Å². The normalized spacial score (nSPS) is 11.5. The van der Waals surface area contributed by atoms with E-state index in [1.54, 1.807) is 0 Å². The number of benzene rings is 2. The van der Waals surface area contributed by atoms with Gasteiger partial charge in [0, 0.05) is 11.4 Å². The SMILES string of the molecule is O=S(=O)([O-])c1cc(Nc2nc(Cl)nc(Cl)n2)ccc1C=Cc1ccc(Nc2nc(Cl)nc(Cl)n2)cc1S(=O)(=O)[O-].[Na+].[Na+]. The predicted molar refractivity (Wildman–Crippen MR) is 144 cm³/mol. The Kier molecular flexibility index (Phi) is 13.4. The molecule has 2 aromatic carbocycles. The molecule has 208 valence electrons. The first kappa shape index (κ1) is 37.0. The first-order chi connectivity index (χ1) is 18.7. The van der Waals surface area contributed by atoms with E-state index in [-0.39, 0.29) is 115 Å². The van der Waals surface area contributed by atoms with Crippen molar-refractivity contribution in [1.82, 2.24) is 29.9 Å². The standard InChI is InChI=1S/C20H12Cl4N8O6S2.2Na/c21-15-27-16(22)30-19(29-15)25-11-5-3-9(13(7-11)39(33,34)35)1-2-10-4-6-12(8-14(10)40(36,37)38)26-20-31-17(23)28-18(24)32-20;;/h1-8H,(H,33,34,35)(H,36,37,38)(H,25,27,29,30)(H,26,28,31,32);;/q;2*+1/p-2. The van der Waals surface area contributed by atoms with Crippen LogP contribution in [0.15, 0.2) is 46.2 Å². The van der Waals surface area contributed by atoms with Gasteiger partial charge in [-0.15, -0.1) is 0 Å². The Labute approximate surface area is 302 Å². The third-order valence-electron chi connectivity index (χ3n) is 4.68. The molecule has 0 saturated carbocycles. The molecule has 22 heteroatoms. The second-order valence-corrected chi connectivity index (χ2v) is 11.4. The number of hydrogen-bond acceptors (Lipinski definition) is 14. The van der Waals surface area contributed by atoms with E-state index in [4.69, 9.17) is 46.4 Å². The summed E-state index contributed by atoms with van der Waals surface area (Å²) in [4.78, 5) is 21.0. The molecular weight excluding hydrogens is 700 g/mol. The minimum atomic E-state index is -5.03. The Balaban J connectivity index is 0.00000308. The minimum Gasteiger partial charge on any atom is -0.744 e. The van der Waals surface area contributed by atoms with E-state index in [1.165, 1.54) is 24.3 Å². The summed E-state index contributed by atoms with van der Waals surface area (Å²) in [5, 5.41) is 4.36. The molecule has 0 spiro atoms. The van der Waals surface area contributed by atoms with E-state index < -0.39 is 30.0 Å². The van der Waals surface area contributed by atoms with Crippen LogP contribution < -0.4 is 69.7 Å². The van der Waals surface area contributed by atoms with Gasteiger partial charge in [0.1, 0.15) is 20.2 Å². The zero-order chi connectivity index (χ0) is 29.2. The molecule has 4 rings (SSSR count). The largest absolute Gasteiger partial charge is 1.00 e. The summed E-state index contributed by atoms with van der Waals surface area (Å²) in [7, 11) is -10.1. The van der Waals surface area contributed by atoms with Crippen LogP contribution in [0.3, 0.4) is 0 Å². The molecule has 4 aromatic rings. The van der Waals surface area contributed by atoms with E-state index in [1.807, 2.05) is 0 Å². The average Bonchev–Trinajstić information content (AvgIpc) is 2.81. The maximum absolute atomic E-state index is 12.0. The Hall–Kier alpha value is -1.22. The van der Waals surface area contributed by atoms with Crippen LogP contribution in [-0.2, 0) is 20.2 Å². The molecule has 0 aliphatic carbocycles. The van der Waals surface area contributed by atoms with E-state index in [0.29, 0.717) is 0 Å². The van der Waals surface area contributed by atoms with E-state index in [0.717, 1.165) is 24.3 Å². The van der Waals surface area contributed by atoms with Crippen molar-refractivity contribution in [3.8, 4) is 0 Å². The molecule has 0 unspecified atom stereocenters. The van der Waals surface area contributed by atoms with Gasteiger partial charge in [-0.25, -0.2) is 16.8 Å². The maximum Gasteiger partial charge on any atom is 1.00 e. The zero-order valence-electron chi connectivity index (χ0n) is 21.1. The Morgan fingerprint density at radius 3 is 1.17 bits per heavy atom. The van der Waals surface area contributed by atoms with Crippen molar-refractivity contribution in [2.24, 2.45) is 0 Å². The summed E-state index contributed by atoms with van der Waals surface area (Å²) in [5.74, 6) is -0.244. The van der Waals surface area contributed by atoms with Crippen LogP contribution in [0.4, 0.5) is 23.3 Å². The molecule has 0 aliphatic heterocycles. The summed E-state index contributed by atoms with van der Waals surface area (Å²) < 4.78 is 71.9. The molecule has 0 bridgehead atoms. The van der Waals surface area contributed by atoms with Gasteiger partial charge in [0.2, 0.25) is 33.0 Å². The summed E-state index contributed by atoms with van der Waals surface area (Å²) in [6, 6.07) is 7.26. The molecule has 2 N–H and O–H groups in total. The molecule has 2 heterocycles. The van der Waals surface area contributed by atoms with Crippen molar-refractivity contribution in [3.63, 3.8) is 0 Å². The van der Waals surface area contributed by atoms with E-state index >= 15 is 0 Å². The van der Waals surface area contributed by atoms with Gasteiger partial charge < -0.3 is 19.7 Å². The smallest absolute Gasteiger partial charge is 0.744 e. The molecule has 0 radical (unpaired) electrons. The van der Waals surface area contributed by atoms with Gasteiger partial charge in [-0.05, 0) is 81.8 Å². The van der Waals surface area contributed by atoms with Crippen molar-refractivity contribution in [2.45, 2.75) is 9.79 Å².